The zero-order valence-electron chi connectivity index (χ0n) is 25.5. The van der Waals surface area contributed by atoms with Crippen LogP contribution in [0.1, 0.15) is 57.9 Å². The standard InChI is InChI=1S/C34H42BrN3O5S/c1-3-32(34(40)36-28-13-9-6-10-14-28)37(24-23-26-11-7-5-8-12-26)33(39)25-38(29-17-19-30(20-18-29)43-4-2)44(41,42)31-21-15-27(35)16-22-31/h5,7-8,11-12,15-22,28,32H,3-4,6,9-10,13-14,23-25H2,1-2H3,(H,36,40)/t32-/m0/s1. The molecule has 0 aliphatic heterocycles. The molecule has 0 bridgehead atoms. The smallest absolute Gasteiger partial charge is 0.264 e. The van der Waals surface area contributed by atoms with Crippen LogP contribution >= 0.6 is 15.9 Å². The second-order valence-electron chi connectivity index (χ2n) is 11.0. The van der Waals surface area contributed by atoms with E-state index < -0.39 is 28.5 Å². The molecule has 8 nitrogen and oxygen atoms in total. The van der Waals surface area contributed by atoms with Gasteiger partial charge in [-0.25, -0.2) is 8.42 Å². The number of hydrogen-bond donors (Lipinski definition) is 1. The number of carbonyl (C=O) groups excluding carboxylic acids is 2. The second-order valence-corrected chi connectivity index (χ2v) is 13.8. The van der Waals surface area contributed by atoms with Gasteiger partial charge in [-0.1, -0.05) is 72.4 Å². The summed E-state index contributed by atoms with van der Waals surface area (Å²) in [5.41, 5.74) is 1.35. The molecular weight excluding hydrogens is 642 g/mol. The van der Waals surface area contributed by atoms with Gasteiger partial charge in [0.15, 0.2) is 0 Å². The maximum absolute atomic E-state index is 14.3. The summed E-state index contributed by atoms with van der Waals surface area (Å²) in [6.07, 6.45) is 6.10. The van der Waals surface area contributed by atoms with Crippen molar-refractivity contribution in [2.75, 3.05) is 24.0 Å². The van der Waals surface area contributed by atoms with Gasteiger partial charge in [0.2, 0.25) is 11.8 Å². The molecule has 1 aliphatic carbocycles. The molecule has 0 heterocycles. The first-order valence-electron chi connectivity index (χ1n) is 15.4. The molecule has 1 aliphatic rings. The van der Waals surface area contributed by atoms with Gasteiger partial charge < -0.3 is 15.0 Å². The highest BCUT2D eigenvalue weighted by atomic mass is 79.9. The summed E-state index contributed by atoms with van der Waals surface area (Å²) in [7, 11) is -4.14. The predicted octanol–water partition coefficient (Wildman–Crippen LogP) is 6.34. The Morgan fingerprint density at radius 2 is 1.59 bits per heavy atom. The van der Waals surface area contributed by atoms with Crippen LogP contribution in [0, 0.1) is 0 Å². The molecule has 0 unspecified atom stereocenters. The minimum atomic E-state index is -4.14. The third-order valence-corrected chi connectivity index (χ3v) is 10.3. The summed E-state index contributed by atoms with van der Waals surface area (Å²) in [5, 5.41) is 3.18. The quantitative estimate of drug-likeness (QED) is 0.214. The number of amides is 2. The number of ether oxygens (including phenoxy) is 1. The molecule has 3 aromatic rings. The number of halogens is 1. The van der Waals surface area contributed by atoms with E-state index in [4.69, 9.17) is 4.74 Å². The SMILES string of the molecule is CCOc1ccc(N(CC(=O)N(CCc2ccccc2)[C@@H](CC)C(=O)NC2CCCCC2)S(=O)(=O)c2ccc(Br)cc2)cc1. The van der Waals surface area contributed by atoms with Crippen molar-refractivity contribution < 1.29 is 22.7 Å². The summed E-state index contributed by atoms with van der Waals surface area (Å²) >= 11 is 3.36. The van der Waals surface area contributed by atoms with Crippen molar-refractivity contribution >= 4 is 43.5 Å². The molecule has 236 valence electrons. The van der Waals surface area contributed by atoms with Crippen molar-refractivity contribution in [3.05, 3.63) is 88.9 Å². The molecule has 0 aromatic heterocycles. The van der Waals surface area contributed by atoms with E-state index in [1.165, 1.54) is 18.6 Å². The molecular formula is C34H42BrN3O5S. The topological polar surface area (TPSA) is 96.0 Å². The van der Waals surface area contributed by atoms with Gasteiger partial charge in [0.25, 0.3) is 10.0 Å². The van der Waals surface area contributed by atoms with Gasteiger partial charge in [-0.3, -0.25) is 13.9 Å². The van der Waals surface area contributed by atoms with E-state index in [2.05, 4.69) is 21.2 Å². The highest BCUT2D eigenvalue weighted by molar-refractivity contribution is 9.10. The molecule has 44 heavy (non-hydrogen) atoms. The third kappa shape index (κ3) is 8.85. The van der Waals surface area contributed by atoms with E-state index in [9.17, 15) is 18.0 Å². The van der Waals surface area contributed by atoms with Crippen molar-refractivity contribution in [1.82, 2.24) is 10.2 Å². The van der Waals surface area contributed by atoms with Crippen LogP contribution in [0.2, 0.25) is 0 Å². The lowest BCUT2D eigenvalue weighted by Gasteiger charge is -2.34. The number of sulfonamides is 1. The Morgan fingerprint density at radius 3 is 2.20 bits per heavy atom. The number of nitrogens with zero attached hydrogens (tertiary/aromatic N) is 2. The minimum Gasteiger partial charge on any atom is -0.494 e. The Kier molecular flexibility index (Phi) is 12.3. The van der Waals surface area contributed by atoms with Crippen LogP contribution in [0.5, 0.6) is 5.75 Å². The third-order valence-electron chi connectivity index (χ3n) is 7.94. The van der Waals surface area contributed by atoms with Crippen molar-refractivity contribution in [3.8, 4) is 5.75 Å². The van der Waals surface area contributed by atoms with Gasteiger partial charge in [0.05, 0.1) is 17.2 Å². The number of hydrogen-bond acceptors (Lipinski definition) is 5. The van der Waals surface area contributed by atoms with Crippen molar-refractivity contribution in [3.63, 3.8) is 0 Å². The molecule has 3 aromatic carbocycles. The fraction of sp³-hybridized carbons (Fsp3) is 0.412. The number of anilines is 1. The highest BCUT2D eigenvalue weighted by Gasteiger charge is 2.34. The minimum absolute atomic E-state index is 0.0558. The number of benzene rings is 3. The lowest BCUT2D eigenvalue weighted by atomic mass is 9.95. The zero-order valence-corrected chi connectivity index (χ0v) is 27.9. The van der Waals surface area contributed by atoms with Gasteiger partial charge >= 0.3 is 0 Å². The van der Waals surface area contributed by atoms with Crippen LogP contribution in [0.4, 0.5) is 5.69 Å². The van der Waals surface area contributed by atoms with E-state index in [-0.39, 0.29) is 23.4 Å². The molecule has 0 radical (unpaired) electrons. The van der Waals surface area contributed by atoms with E-state index in [0.717, 1.165) is 40.0 Å². The highest BCUT2D eigenvalue weighted by Crippen LogP contribution is 2.27. The number of carbonyl (C=O) groups is 2. The van der Waals surface area contributed by atoms with Gasteiger partial charge in [0.1, 0.15) is 18.3 Å². The van der Waals surface area contributed by atoms with Crippen LogP contribution in [-0.4, -0.2) is 56.9 Å². The Morgan fingerprint density at radius 1 is 0.932 bits per heavy atom. The predicted molar refractivity (Wildman–Crippen MR) is 177 cm³/mol. The average Bonchev–Trinajstić information content (AvgIpc) is 3.03. The lowest BCUT2D eigenvalue weighted by Crippen LogP contribution is -2.54. The maximum atomic E-state index is 14.3. The Hall–Kier alpha value is -3.37. The first kappa shape index (κ1) is 33.5. The van der Waals surface area contributed by atoms with Gasteiger partial charge in [-0.15, -0.1) is 0 Å². The summed E-state index contributed by atoms with van der Waals surface area (Å²) in [6, 6.07) is 22.1. The average molecular weight is 685 g/mol. The van der Waals surface area contributed by atoms with Crippen LogP contribution in [0.25, 0.3) is 0 Å². The lowest BCUT2D eigenvalue weighted by molar-refractivity contribution is -0.140. The van der Waals surface area contributed by atoms with Crippen molar-refractivity contribution in [2.24, 2.45) is 0 Å². The Labute approximate surface area is 270 Å². The van der Waals surface area contributed by atoms with Crippen LogP contribution in [0.15, 0.2) is 88.2 Å². The van der Waals surface area contributed by atoms with E-state index in [1.807, 2.05) is 44.2 Å². The normalized spacial score (nSPS) is 14.4. The molecule has 0 spiro atoms. The van der Waals surface area contributed by atoms with E-state index in [1.54, 1.807) is 41.3 Å². The van der Waals surface area contributed by atoms with E-state index >= 15 is 0 Å². The fourth-order valence-electron chi connectivity index (χ4n) is 5.58. The first-order valence-corrected chi connectivity index (χ1v) is 17.6. The zero-order chi connectivity index (χ0) is 31.5. The maximum Gasteiger partial charge on any atom is 0.264 e. The van der Waals surface area contributed by atoms with Crippen molar-refractivity contribution in [2.45, 2.75) is 75.8 Å². The molecule has 2 amide bonds. The largest absolute Gasteiger partial charge is 0.494 e. The van der Waals surface area contributed by atoms with Gasteiger partial charge in [-0.05, 0) is 86.7 Å². The van der Waals surface area contributed by atoms with Crippen LogP contribution in [-0.2, 0) is 26.0 Å². The molecule has 0 saturated heterocycles. The monoisotopic (exact) mass is 683 g/mol. The Balaban J connectivity index is 1.67. The summed E-state index contributed by atoms with van der Waals surface area (Å²) in [4.78, 5) is 29.5. The molecule has 4 rings (SSSR count). The molecule has 1 saturated carbocycles. The number of nitrogens with one attached hydrogen (secondary N) is 1. The Bertz CT molecular complexity index is 1460. The van der Waals surface area contributed by atoms with Crippen molar-refractivity contribution in [1.29, 1.82) is 0 Å². The molecule has 1 fully saturated rings. The fourth-order valence-corrected chi connectivity index (χ4v) is 7.26. The van der Waals surface area contributed by atoms with Crippen LogP contribution in [0.3, 0.4) is 0 Å². The number of rotatable bonds is 14. The summed E-state index contributed by atoms with van der Waals surface area (Å²) in [5.74, 6) is -0.0381. The van der Waals surface area contributed by atoms with Gasteiger partial charge in [0, 0.05) is 17.1 Å². The molecule has 10 heteroatoms. The molecule has 1 N–H and O–H groups in total. The second kappa shape index (κ2) is 16.1. The molecule has 1 atom stereocenters. The van der Waals surface area contributed by atoms with E-state index in [0.29, 0.717) is 30.9 Å². The van der Waals surface area contributed by atoms with Crippen LogP contribution < -0.4 is 14.4 Å². The summed E-state index contributed by atoms with van der Waals surface area (Å²) < 4.78 is 35.5. The van der Waals surface area contributed by atoms with Gasteiger partial charge in [-0.2, -0.15) is 0 Å². The first-order chi connectivity index (χ1) is 21.2. The summed E-state index contributed by atoms with van der Waals surface area (Å²) in [6.45, 7) is 4.03.